The summed E-state index contributed by atoms with van der Waals surface area (Å²) < 4.78 is 5.44. The number of hydrogen-bond acceptors (Lipinski definition) is 4. The number of hydrogen-bond donors (Lipinski definition) is 1. The number of rotatable bonds is 3. The molecule has 2 atom stereocenters. The minimum atomic E-state index is -0.125. The summed E-state index contributed by atoms with van der Waals surface area (Å²) in [6, 6.07) is 0.142. The molecule has 2 rings (SSSR count). The second kappa shape index (κ2) is 4.77. The van der Waals surface area contributed by atoms with Crippen LogP contribution in [0.4, 0.5) is 0 Å². The van der Waals surface area contributed by atoms with Crippen LogP contribution in [0.3, 0.4) is 0 Å². The minimum absolute atomic E-state index is 0.125. The molecule has 1 fully saturated rings. The molecule has 0 aromatic carbocycles. The van der Waals surface area contributed by atoms with Gasteiger partial charge in [0.15, 0.2) is 5.82 Å². The van der Waals surface area contributed by atoms with Crippen LogP contribution in [0.15, 0.2) is 4.52 Å². The zero-order valence-corrected chi connectivity index (χ0v) is 11.1. The molecule has 1 heterocycles. The zero-order chi connectivity index (χ0) is 12.5. The van der Waals surface area contributed by atoms with E-state index in [0.717, 1.165) is 31.0 Å². The highest BCUT2D eigenvalue weighted by molar-refractivity contribution is 5.10. The highest BCUT2D eigenvalue weighted by Crippen LogP contribution is 2.37. The average Bonchev–Trinajstić information content (AvgIpc) is 2.70. The summed E-state index contributed by atoms with van der Waals surface area (Å²) >= 11 is 0. The molecule has 2 N–H and O–H groups in total. The molecule has 1 aliphatic carbocycles. The van der Waals surface area contributed by atoms with E-state index in [1.165, 1.54) is 12.8 Å². The fraction of sp³-hybridized carbons (Fsp3) is 0.846. The molecule has 1 aromatic heterocycles. The third-order valence-electron chi connectivity index (χ3n) is 3.83. The summed E-state index contributed by atoms with van der Waals surface area (Å²) in [5, 5.41) is 4.07. The van der Waals surface area contributed by atoms with E-state index >= 15 is 0 Å². The third kappa shape index (κ3) is 2.51. The third-order valence-corrected chi connectivity index (χ3v) is 3.83. The van der Waals surface area contributed by atoms with Gasteiger partial charge >= 0.3 is 0 Å². The number of nitrogens with two attached hydrogens (primary N) is 1. The van der Waals surface area contributed by atoms with Gasteiger partial charge in [-0.3, -0.25) is 0 Å². The first-order chi connectivity index (χ1) is 8.02. The molecule has 0 saturated heterocycles. The van der Waals surface area contributed by atoms with Crippen LogP contribution in [0.25, 0.3) is 0 Å². The molecule has 1 saturated carbocycles. The lowest BCUT2D eigenvalue weighted by atomic mass is 9.72. The van der Waals surface area contributed by atoms with Crippen LogP contribution in [0.5, 0.6) is 0 Å². The Morgan fingerprint density at radius 1 is 1.47 bits per heavy atom. The van der Waals surface area contributed by atoms with Gasteiger partial charge in [-0.05, 0) is 25.7 Å². The zero-order valence-electron chi connectivity index (χ0n) is 11.1. The molecule has 17 heavy (non-hydrogen) atoms. The molecule has 0 spiro atoms. The van der Waals surface area contributed by atoms with Gasteiger partial charge < -0.3 is 10.3 Å². The second-order valence-electron chi connectivity index (χ2n) is 5.88. The predicted molar refractivity (Wildman–Crippen MR) is 66.6 cm³/mol. The van der Waals surface area contributed by atoms with Crippen molar-refractivity contribution in [3.05, 3.63) is 11.7 Å². The largest absolute Gasteiger partial charge is 0.339 e. The van der Waals surface area contributed by atoms with Gasteiger partial charge in [0.1, 0.15) is 0 Å². The van der Waals surface area contributed by atoms with E-state index in [0.29, 0.717) is 5.92 Å². The van der Waals surface area contributed by atoms with Crippen molar-refractivity contribution >= 4 is 0 Å². The van der Waals surface area contributed by atoms with Gasteiger partial charge in [0.25, 0.3) is 0 Å². The van der Waals surface area contributed by atoms with Crippen molar-refractivity contribution < 1.29 is 4.52 Å². The summed E-state index contributed by atoms with van der Waals surface area (Å²) in [6.07, 6.45) is 5.39. The summed E-state index contributed by atoms with van der Waals surface area (Å²) in [7, 11) is 0. The molecule has 0 radical (unpaired) electrons. The van der Waals surface area contributed by atoms with E-state index in [1.807, 2.05) is 0 Å². The molecule has 1 aliphatic rings. The van der Waals surface area contributed by atoms with Crippen molar-refractivity contribution in [2.45, 2.75) is 64.3 Å². The minimum Gasteiger partial charge on any atom is -0.339 e. The van der Waals surface area contributed by atoms with E-state index in [9.17, 15) is 0 Å². The molecule has 0 bridgehead atoms. The summed E-state index contributed by atoms with van der Waals surface area (Å²) in [5.74, 6) is 2.10. The highest BCUT2D eigenvalue weighted by atomic mass is 16.5. The molecule has 96 valence electrons. The normalized spacial score (nSPS) is 29.8. The van der Waals surface area contributed by atoms with Crippen molar-refractivity contribution in [2.24, 2.45) is 11.7 Å². The highest BCUT2D eigenvalue weighted by Gasteiger charge is 2.40. The fourth-order valence-corrected chi connectivity index (χ4v) is 2.56. The Bertz CT molecular complexity index is 374. The average molecular weight is 237 g/mol. The Kier molecular flexibility index (Phi) is 3.52. The first kappa shape index (κ1) is 12.6. The van der Waals surface area contributed by atoms with Gasteiger partial charge in [-0.25, -0.2) is 0 Å². The molecule has 4 nitrogen and oxygen atoms in total. The van der Waals surface area contributed by atoms with Crippen LogP contribution in [0.2, 0.25) is 0 Å². The second-order valence-corrected chi connectivity index (χ2v) is 5.88. The summed E-state index contributed by atoms with van der Waals surface area (Å²) in [6.45, 7) is 6.47. The SMILES string of the molecule is CC(C)Cc1noc(C2(C)CCCCC2N)n1. The van der Waals surface area contributed by atoms with Gasteiger partial charge in [0.05, 0.1) is 5.41 Å². The smallest absolute Gasteiger partial charge is 0.234 e. The fourth-order valence-electron chi connectivity index (χ4n) is 2.56. The molecule has 1 aromatic rings. The molecule has 0 amide bonds. The van der Waals surface area contributed by atoms with Crippen molar-refractivity contribution in [1.82, 2.24) is 10.1 Å². The Labute approximate surface area is 103 Å². The van der Waals surface area contributed by atoms with Crippen LogP contribution in [0, 0.1) is 5.92 Å². The van der Waals surface area contributed by atoms with Gasteiger partial charge in [-0.15, -0.1) is 0 Å². The number of aromatic nitrogens is 2. The topological polar surface area (TPSA) is 64.9 Å². The van der Waals surface area contributed by atoms with Crippen LogP contribution >= 0.6 is 0 Å². The standard InChI is InChI=1S/C13H23N3O/c1-9(2)8-11-15-12(17-16-11)13(3)7-5-4-6-10(13)14/h9-10H,4-8,14H2,1-3H3. The van der Waals surface area contributed by atoms with Gasteiger partial charge in [-0.1, -0.05) is 31.8 Å². The Morgan fingerprint density at radius 2 is 2.24 bits per heavy atom. The van der Waals surface area contributed by atoms with Crippen molar-refractivity contribution in [3.63, 3.8) is 0 Å². The quantitative estimate of drug-likeness (QED) is 0.876. The Hall–Kier alpha value is -0.900. The monoisotopic (exact) mass is 237 g/mol. The predicted octanol–water partition coefficient (Wildman–Crippen LogP) is 2.43. The Morgan fingerprint density at radius 3 is 2.88 bits per heavy atom. The maximum Gasteiger partial charge on any atom is 0.234 e. The molecular weight excluding hydrogens is 214 g/mol. The van der Waals surface area contributed by atoms with Crippen molar-refractivity contribution in [2.75, 3.05) is 0 Å². The first-order valence-corrected chi connectivity index (χ1v) is 6.61. The lowest BCUT2D eigenvalue weighted by molar-refractivity contribution is 0.203. The summed E-state index contributed by atoms with van der Waals surface area (Å²) in [5.41, 5.74) is 6.10. The summed E-state index contributed by atoms with van der Waals surface area (Å²) in [4.78, 5) is 4.54. The van der Waals surface area contributed by atoms with E-state index < -0.39 is 0 Å². The van der Waals surface area contributed by atoms with Crippen LogP contribution in [0.1, 0.15) is 58.2 Å². The van der Waals surface area contributed by atoms with Crippen molar-refractivity contribution in [3.8, 4) is 0 Å². The van der Waals surface area contributed by atoms with Gasteiger partial charge in [0, 0.05) is 12.5 Å². The van der Waals surface area contributed by atoms with Crippen LogP contribution in [-0.4, -0.2) is 16.2 Å². The molecule has 2 unspecified atom stereocenters. The van der Waals surface area contributed by atoms with Crippen LogP contribution in [-0.2, 0) is 11.8 Å². The Balaban J connectivity index is 2.17. The maximum atomic E-state index is 6.23. The lowest BCUT2D eigenvalue weighted by Crippen LogP contribution is -2.45. The van der Waals surface area contributed by atoms with E-state index in [1.54, 1.807) is 0 Å². The maximum absolute atomic E-state index is 6.23. The molecule has 0 aliphatic heterocycles. The first-order valence-electron chi connectivity index (χ1n) is 6.61. The molecule has 4 heteroatoms. The van der Waals surface area contributed by atoms with E-state index in [-0.39, 0.29) is 11.5 Å². The van der Waals surface area contributed by atoms with Crippen molar-refractivity contribution in [1.29, 1.82) is 0 Å². The van der Waals surface area contributed by atoms with Gasteiger partial charge in [-0.2, -0.15) is 4.98 Å². The van der Waals surface area contributed by atoms with Gasteiger partial charge in [0.2, 0.25) is 5.89 Å². The van der Waals surface area contributed by atoms with E-state index in [2.05, 4.69) is 30.9 Å². The van der Waals surface area contributed by atoms with Crippen LogP contribution < -0.4 is 5.73 Å². The molecular formula is C13H23N3O. The van der Waals surface area contributed by atoms with E-state index in [4.69, 9.17) is 10.3 Å². The lowest BCUT2D eigenvalue weighted by Gasteiger charge is -2.35. The number of nitrogens with zero attached hydrogens (tertiary/aromatic N) is 2.